The Hall–Kier alpha value is -2.84. The molecule has 0 saturated heterocycles. The van der Waals surface area contributed by atoms with Crippen LogP contribution in [0.5, 0.6) is 5.75 Å². The molecule has 1 aromatic heterocycles. The van der Waals surface area contributed by atoms with Crippen LogP contribution in [0.25, 0.3) is 0 Å². The molecule has 2 N–H and O–H groups in total. The zero-order chi connectivity index (χ0) is 18.6. The van der Waals surface area contributed by atoms with Crippen LogP contribution in [0.4, 0.5) is 17.3 Å². The lowest BCUT2D eigenvalue weighted by Gasteiger charge is -2.09. The molecule has 0 aliphatic carbocycles. The first-order chi connectivity index (χ1) is 12.5. The molecular formula is C17H15ClN4O3S. The summed E-state index contributed by atoms with van der Waals surface area (Å²) >= 11 is 5.83. The van der Waals surface area contributed by atoms with E-state index in [0.29, 0.717) is 10.8 Å². The highest BCUT2D eigenvalue weighted by Crippen LogP contribution is 2.20. The summed E-state index contributed by atoms with van der Waals surface area (Å²) in [6.07, 6.45) is 0. The molecule has 0 radical (unpaired) electrons. The second-order valence-corrected chi connectivity index (χ2v) is 7.34. The van der Waals surface area contributed by atoms with Crippen LogP contribution in [0.1, 0.15) is 0 Å². The van der Waals surface area contributed by atoms with Gasteiger partial charge in [-0.25, -0.2) is 8.42 Å². The molecule has 7 nitrogen and oxygen atoms in total. The number of aromatic nitrogens is 2. The maximum Gasteiger partial charge on any atom is 0.263 e. The smallest absolute Gasteiger partial charge is 0.263 e. The number of anilines is 3. The van der Waals surface area contributed by atoms with Crippen molar-refractivity contribution < 1.29 is 13.2 Å². The average molecular weight is 391 g/mol. The molecule has 0 aliphatic heterocycles. The van der Waals surface area contributed by atoms with Crippen molar-refractivity contribution in [1.82, 2.24) is 10.2 Å². The third-order valence-electron chi connectivity index (χ3n) is 3.37. The predicted molar refractivity (Wildman–Crippen MR) is 101 cm³/mol. The van der Waals surface area contributed by atoms with Gasteiger partial charge in [0, 0.05) is 10.7 Å². The summed E-state index contributed by atoms with van der Waals surface area (Å²) < 4.78 is 32.1. The van der Waals surface area contributed by atoms with E-state index in [4.69, 9.17) is 16.3 Å². The number of hydrogen-bond acceptors (Lipinski definition) is 6. The summed E-state index contributed by atoms with van der Waals surface area (Å²) in [5.41, 5.74) is 0.798. The van der Waals surface area contributed by atoms with Crippen LogP contribution in [0.2, 0.25) is 5.02 Å². The zero-order valence-corrected chi connectivity index (χ0v) is 15.3. The van der Waals surface area contributed by atoms with Crippen molar-refractivity contribution in [2.75, 3.05) is 17.1 Å². The Kier molecular flexibility index (Phi) is 5.24. The van der Waals surface area contributed by atoms with Gasteiger partial charge in [0.25, 0.3) is 10.0 Å². The number of ether oxygens (including phenoxy) is 1. The molecule has 2 aromatic carbocycles. The van der Waals surface area contributed by atoms with Crippen molar-refractivity contribution >= 4 is 38.9 Å². The van der Waals surface area contributed by atoms with Gasteiger partial charge in [-0.2, -0.15) is 0 Å². The quantitative estimate of drug-likeness (QED) is 0.666. The standard InChI is InChI=1S/C17H15ClN4O3S/c1-25-14-7-5-13(6-8-14)19-16-9-10-17(21-20-16)22-26(23,24)15-4-2-3-12(18)11-15/h2-11H,1H3,(H,19,20)(H,21,22). The molecule has 9 heteroatoms. The van der Waals surface area contributed by atoms with Gasteiger partial charge >= 0.3 is 0 Å². The van der Waals surface area contributed by atoms with E-state index in [0.717, 1.165) is 11.4 Å². The Labute approximate surface area is 156 Å². The Bertz CT molecular complexity index is 993. The Morgan fingerprint density at radius 3 is 2.27 bits per heavy atom. The maximum atomic E-state index is 12.3. The molecule has 3 aromatic rings. The monoisotopic (exact) mass is 390 g/mol. The summed E-state index contributed by atoms with van der Waals surface area (Å²) in [6.45, 7) is 0. The van der Waals surface area contributed by atoms with Gasteiger partial charge < -0.3 is 10.1 Å². The van der Waals surface area contributed by atoms with Gasteiger partial charge in [-0.05, 0) is 54.6 Å². The van der Waals surface area contributed by atoms with Crippen molar-refractivity contribution in [1.29, 1.82) is 0 Å². The van der Waals surface area contributed by atoms with Crippen LogP contribution in [-0.2, 0) is 10.0 Å². The number of nitrogens with one attached hydrogen (secondary N) is 2. The third kappa shape index (κ3) is 4.41. The van der Waals surface area contributed by atoms with E-state index in [1.165, 1.54) is 18.2 Å². The minimum atomic E-state index is -3.79. The minimum absolute atomic E-state index is 0.0484. The van der Waals surface area contributed by atoms with Crippen LogP contribution in [0.15, 0.2) is 65.6 Å². The fourth-order valence-electron chi connectivity index (χ4n) is 2.11. The lowest BCUT2D eigenvalue weighted by molar-refractivity contribution is 0.415. The summed E-state index contributed by atoms with van der Waals surface area (Å²) in [6, 6.07) is 16.4. The van der Waals surface area contributed by atoms with Crippen LogP contribution < -0.4 is 14.8 Å². The van der Waals surface area contributed by atoms with Gasteiger partial charge in [-0.15, -0.1) is 10.2 Å². The van der Waals surface area contributed by atoms with Crippen LogP contribution in [0.3, 0.4) is 0 Å². The number of sulfonamides is 1. The summed E-state index contributed by atoms with van der Waals surface area (Å²) in [5.74, 6) is 1.32. The third-order valence-corrected chi connectivity index (χ3v) is 4.96. The summed E-state index contributed by atoms with van der Waals surface area (Å²) in [5, 5.41) is 11.2. The van der Waals surface area contributed by atoms with E-state index >= 15 is 0 Å². The van der Waals surface area contributed by atoms with Crippen molar-refractivity contribution in [3.05, 3.63) is 65.7 Å². The zero-order valence-electron chi connectivity index (χ0n) is 13.7. The lowest BCUT2D eigenvalue weighted by Crippen LogP contribution is -2.14. The number of halogens is 1. The van der Waals surface area contributed by atoms with Crippen molar-refractivity contribution in [2.24, 2.45) is 0 Å². The Morgan fingerprint density at radius 2 is 1.65 bits per heavy atom. The minimum Gasteiger partial charge on any atom is -0.497 e. The first-order valence-corrected chi connectivity index (χ1v) is 9.35. The van der Waals surface area contributed by atoms with Crippen LogP contribution in [-0.4, -0.2) is 25.7 Å². The summed E-state index contributed by atoms with van der Waals surface area (Å²) in [7, 11) is -2.19. The van der Waals surface area contributed by atoms with Crippen LogP contribution >= 0.6 is 11.6 Å². The first kappa shape index (κ1) is 18.0. The maximum absolute atomic E-state index is 12.3. The largest absolute Gasteiger partial charge is 0.497 e. The molecular weight excluding hydrogens is 376 g/mol. The van der Waals surface area contributed by atoms with E-state index in [2.05, 4.69) is 20.2 Å². The van der Waals surface area contributed by atoms with Crippen molar-refractivity contribution in [3.63, 3.8) is 0 Å². The highest BCUT2D eigenvalue weighted by Gasteiger charge is 2.15. The van der Waals surface area contributed by atoms with Gasteiger partial charge in [-0.1, -0.05) is 17.7 Å². The number of benzene rings is 2. The molecule has 0 amide bonds. The Morgan fingerprint density at radius 1 is 0.962 bits per heavy atom. The topological polar surface area (TPSA) is 93.2 Å². The number of rotatable bonds is 6. The second-order valence-electron chi connectivity index (χ2n) is 5.22. The molecule has 26 heavy (non-hydrogen) atoms. The number of nitrogens with zero attached hydrogens (tertiary/aromatic N) is 2. The fraction of sp³-hybridized carbons (Fsp3) is 0.0588. The van der Waals surface area contributed by atoms with E-state index in [-0.39, 0.29) is 10.7 Å². The fourth-order valence-corrected chi connectivity index (χ4v) is 3.40. The normalized spacial score (nSPS) is 11.0. The molecule has 0 aliphatic rings. The van der Waals surface area contributed by atoms with E-state index < -0.39 is 10.0 Å². The van der Waals surface area contributed by atoms with E-state index in [9.17, 15) is 8.42 Å². The molecule has 0 spiro atoms. The predicted octanol–water partition coefficient (Wildman–Crippen LogP) is 3.68. The van der Waals surface area contributed by atoms with Crippen molar-refractivity contribution in [3.8, 4) is 5.75 Å². The van der Waals surface area contributed by atoms with Gasteiger partial charge in [-0.3, -0.25) is 4.72 Å². The molecule has 0 bridgehead atoms. The molecule has 0 saturated carbocycles. The van der Waals surface area contributed by atoms with Crippen molar-refractivity contribution in [2.45, 2.75) is 4.90 Å². The molecule has 3 rings (SSSR count). The number of methoxy groups -OCH3 is 1. The van der Waals surface area contributed by atoms with Gasteiger partial charge in [0.15, 0.2) is 11.6 Å². The van der Waals surface area contributed by atoms with E-state index in [1.807, 2.05) is 24.3 Å². The van der Waals surface area contributed by atoms with Gasteiger partial charge in [0.2, 0.25) is 0 Å². The molecule has 0 atom stereocenters. The highest BCUT2D eigenvalue weighted by molar-refractivity contribution is 7.92. The Balaban J connectivity index is 1.71. The molecule has 0 fully saturated rings. The molecule has 134 valence electrons. The van der Waals surface area contributed by atoms with Gasteiger partial charge in [0.05, 0.1) is 12.0 Å². The summed E-state index contributed by atoms with van der Waals surface area (Å²) in [4.78, 5) is 0.0484. The number of hydrogen-bond donors (Lipinski definition) is 2. The lowest BCUT2D eigenvalue weighted by atomic mass is 10.3. The average Bonchev–Trinajstić information content (AvgIpc) is 2.64. The van der Waals surface area contributed by atoms with Gasteiger partial charge in [0.1, 0.15) is 5.75 Å². The molecule has 1 heterocycles. The highest BCUT2D eigenvalue weighted by atomic mass is 35.5. The van der Waals surface area contributed by atoms with Crippen LogP contribution in [0, 0.1) is 0 Å². The SMILES string of the molecule is COc1ccc(Nc2ccc(NS(=O)(=O)c3cccc(Cl)c3)nn2)cc1. The second kappa shape index (κ2) is 7.59. The molecule has 0 unspecified atom stereocenters. The first-order valence-electron chi connectivity index (χ1n) is 7.49. The van der Waals surface area contributed by atoms with E-state index in [1.54, 1.807) is 25.3 Å².